The van der Waals surface area contributed by atoms with Gasteiger partial charge in [-0.25, -0.2) is 0 Å². The van der Waals surface area contributed by atoms with Gasteiger partial charge in [-0.2, -0.15) is 8.42 Å². The molecule has 0 unspecified atom stereocenters. The number of rotatable bonds is 5. The molecule has 0 saturated heterocycles. The van der Waals surface area contributed by atoms with Gasteiger partial charge in [0.15, 0.2) is 0 Å². The molecule has 1 heterocycles. The lowest BCUT2D eigenvalue weighted by atomic mass is 9.91. The second-order valence-electron chi connectivity index (χ2n) is 6.05. The molecule has 5 nitrogen and oxygen atoms in total. The Morgan fingerprint density at radius 1 is 0.923 bits per heavy atom. The second kappa shape index (κ2) is 6.90. The maximum absolute atomic E-state index is 12.2. The van der Waals surface area contributed by atoms with Crippen LogP contribution in [0.3, 0.4) is 0 Å². The van der Waals surface area contributed by atoms with Gasteiger partial charge in [0.2, 0.25) is 0 Å². The fourth-order valence-electron chi connectivity index (χ4n) is 2.92. The average Bonchev–Trinajstić information content (AvgIpc) is 2.67. The zero-order chi connectivity index (χ0) is 18.8. The van der Waals surface area contributed by atoms with Crippen molar-refractivity contribution in [2.45, 2.75) is 11.7 Å². The quantitative estimate of drug-likeness (QED) is 0.690. The van der Waals surface area contributed by atoms with Gasteiger partial charge in [-0.3, -0.25) is 9.54 Å². The third-order valence-electron chi connectivity index (χ3n) is 4.59. The number of aromatic nitrogens is 1. The Morgan fingerprint density at radius 2 is 1.54 bits per heavy atom. The van der Waals surface area contributed by atoms with Crippen LogP contribution in [0.25, 0.3) is 11.1 Å². The SMILES string of the molecule is COc1cccc(-c2ccc([C@](C)(c3ccncc3)S(=O)(=O)O)cc2)c1. The van der Waals surface area contributed by atoms with Gasteiger partial charge < -0.3 is 4.74 Å². The molecule has 3 rings (SSSR count). The maximum atomic E-state index is 12.2. The van der Waals surface area contributed by atoms with Gasteiger partial charge in [-0.15, -0.1) is 0 Å². The smallest absolute Gasteiger partial charge is 0.278 e. The lowest BCUT2D eigenvalue weighted by Gasteiger charge is -2.27. The Kier molecular flexibility index (Phi) is 4.80. The molecule has 0 spiro atoms. The van der Waals surface area contributed by atoms with Crippen LogP contribution in [0, 0.1) is 0 Å². The van der Waals surface area contributed by atoms with E-state index >= 15 is 0 Å². The zero-order valence-electron chi connectivity index (χ0n) is 14.5. The van der Waals surface area contributed by atoms with Crippen LogP contribution >= 0.6 is 0 Å². The molecule has 0 aliphatic carbocycles. The number of hydrogen-bond acceptors (Lipinski definition) is 4. The lowest BCUT2D eigenvalue weighted by Crippen LogP contribution is -2.33. The molecule has 0 fully saturated rings. The summed E-state index contributed by atoms with van der Waals surface area (Å²) in [4.78, 5) is 3.92. The fraction of sp³-hybridized carbons (Fsp3) is 0.150. The topological polar surface area (TPSA) is 76.5 Å². The molecule has 3 aromatic rings. The molecule has 1 atom stereocenters. The summed E-state index contributed by atoms with van der Waals surface area (Å²) in [6.07, 6.45) is 3.01. The van der Waals surface area contributed by atoms with Crippen LogP contribution in [0.1, 0.15) is 18.1 Å². The van der Waals surface area contributed by atoms with Crippen molar-refractivity contribution in [1.82, 2.24) is 4.98 Å². The van der Waals surface area contributed by atoms with E-state index in [1.807, 2.05) is 36.4 Å². The standard InChI is InChI=1S/C20H19NO4S/c1-20(26(22,23)24,18-10-12-21-13-11-18)17-8-6-15(7-9-17)16-4-3-5-19(14-16)25-2/h3-14H,1-2H3,(H,22,23,24)/t20-/m1/s1. The van der Waals surface area contributed by atoms with E-state index in [9.17, 15) is 13.0 Å². The molecular formula is C20H19NO4S. The fourth-order valence-corrected chi connectivity index (χ4v) is 3.79. The summed E-state index contributed by atoms with van der Waals surface area (Å²) in [5.74, 6) is 0.742. The Morgan fingerprint density at radius 3 is 2.12 bits per heavy atom. The first-order chi connectivity index (χ1) is 12.4. The second-order valence-corrected chi connectivity index (χ2v) is 7.82. The summed E-state index contributed by atoms with van der Waals surface area (Å²) < 4.78 is 38.0. The number of hydrogen-bond donors (Lipinski definition) is 1. The van der Waals surface area contributed by atoms with Crippen molar-refractivity contribution in [1.29, 1.82) is 0 Å². The van der Waals surface area contributed by atoms with Crippen LogP contribution in [0.15, 0.2) is 73.1 Å². The molecule has 0 aliphatic rings. The first-order valence-corrected chi connectivity index (χ1v) is 9.43. The number of ether oxygens (including phenoxy) is 1. The van der Waals surface area contributed by atoms with E-state index in [0.29, 0.717) is 11.1 Å². The molecule has 6 heteroatoms. The molecule has 1 aromatic heterocycles. The normalized spacial score (nSPS) is 13.8. The van der Waals surface area contributed by atoms with E-state index in [4.69, 9.17) is 4.74 Å². The molecular weight excluding hydrogens is 350 g/mol. The highest BCUT2D eigenvalue weighted by molar-refractivity contribution is 7.87. The number of benzene rings is 2. The van der Waals surface area contributed by atoms with Gasteiger partial charge in [0.25, 0.3) is 10.1 Å². The molecule has 0 aliphatic heterocycles. The predicted octanol–water partition coefficient (Wildman–Crippen LogP) is 3.91. The predicted molar refractivity (Wildman–Crippen MR) is 101 cm³/mol. The van der Waals surface area contributed by atoms with Crippen LogP contribution in [0.5, 0.6) is 5.75 Å². The summed E-state index contributed by atoms with van der Waals surface area (Å²) >= 11 is 0. The van der Waals surface area contributed by atoms with Gasteiger partial charge in [0.05, 0.1) is 7.11 Å². The summed E-state index contributed by atoms with van der Waals surface area (Å²) in [6.45, 7) is 1.48. The van der Waals surface area contributed by atoms with Crippen molar-refractivity contribution >= 4 is 10.1 Å². The van der Waals surface area contributed by atoms with Gasteiger partial charge in [0, 0.05) is 12.4 Å². The van der Waals surface area contributed by atoms with Gasteiger partial charge in [0.1, 0.15) is 10.5 Å². The molecule has 0 saturated carbocycles. The molecule has 0 bridgehead atoms. The van der Waals surface area contributed by atoms with Gasteiger partial charge in [-0.05, 0) is 53.4 Å². The van der Waals surface area contributed by atoms with Crippen molar-refractivity contribution in [3.05, 3.63) is 84.2 Å². The van der Waals surface area contributed by atoms with Crippen molar-refractivity contribution in [3.63, 3.8) is 0 Å². The van der Waals surface area contributed by atoms with Crippen LogP contribution in [-0.2, 0) is 14.9 Å². The summed E-state index contributed by atoms with van der Waals surface area (Å²) in [7, 11) is -2.80. The van der Waals surface area contributed by atoms with Crippen molar-refractivity contribution in [3.8, 4) is 16.9 Å². The third kappa shape index (κ3) is 3.21. The van der Waals surface area contributed by atoms with Crippen LogP contribution in [0.4, 0.5) is 0 Å². The highest BCUT2D eigenvalue weighted by Crippen LogP contribution is 2.37. The molecule has 0 radical (unpaired) electrons. The van der Waals surface area contributed by atoms with E-state index in [2.05, 4.69) is 4.98 Å². The maximum Gasteiger partial charge on any atom is 0.278 e. The summed E-state index contributed by atoms with van der Waals surface area (Å²) in [6, 6.07) is 17.9. The minimum absolute atomic E-state index is 0.448. The number of nitrogens with zero attached hydrogens (tertiary/aromatic N) is 1. The highest BCUT2D eigenvalue weighted by Gasteiger charge is 2.41. The van der Waals surface area contributed by atoms with E-state index in [1.54, 1.807) is 31.4 Å². The minimum Gasteiger partial charge on any atom is -0.497 e. The van der Waals surface area contributed by atoms with Crippen LogP contribution < -0.4 is 4.74 Å². The van der Waals surface area contributed by atoms with E-state index in [1.165, 1.54) is 19.3 Å². The summed E-state index contributed by atoms with van der Waals surface area (Å²) in [5.41, 5.74) is 2.79. The Labute approximate surface area is 153 Å². The van der Waals surface area contributed by atoms with Crippen LogP contribution in [0.2, 0.25) is 0 Å². The van der Waals surface area contributed by atoms with Gasteiger partial charge in [-0.1, -0.05) is 36.4 Å². The molecule has 1 N–H and O–H groups in total. The van der Waals surface area contributed by atoms with Crippen molar-refractivity contribution in [2.75, 3.05) is 7.11 Å². The molecule has 26 heavy (non-hydrogen) atoms. The molecule has 2 aromatic carbocycles. The van der Waals surface area contributed by atoms with E-state index in [-0.39, 0.29) is 0 Å². The first kappa shape index (κ1) is 18.1. The average molecular weight is 369 g/mol. The van der Waals surface area contributed by atoms with E-state index in [0.717, 1.165) is 16.9 Å². The van der Waals surface area contributed by atoms with Crippen molar-refractivity contribution < 1.29 is 17.7 Å². The zero-order valence-corrected chi connectivity index (χ0v) is 15.3. The number of pyridine rings is 1. The van der Waals surface area contributed by atoms with E-state index < -0.39 is 14.9 Å². The number of methoxy groups -OCH3 is 1. The van der Waals surface area contributed by atoms with Gasteiger partial charge >= 0.3 is 0 Å². The highest BCUT2D eigenvalue weighted by atomic mass is 32.2. The minimum atomic E-state index is -4.41. The Bertz CT molecular complexity index is 1000. The first-order valence-electron chi connectivity index (χ1n) is 7.99. The monoisotopic (exact) mass is 369 g/mol. The largest absolute Gasteiger partial charge is 0.497 e. The lowest BCUT2D eigenvalue weighted by molar-refractivity contribution is 0.415. The van der Waals surface area contributed by atoms with Crippen LogP contribution in [-0.4, -0.2) is 25.1 Å². The summed E-state index contributed by atoms with van der Waals surface area (Å²) in [5, 5.41) is 0. The Balaban J connectivity index is 2.08. The Hall–Kier alpha value is -2.70. The van der Waals surface area contributed by atoms with Crippen molar-refractivity contribution in [2.24, 2.45) is 0 Å². The molecule has 0 amide bonds. The third-order valence-corrected chi connectivity index (χ3v) is 6.09. The molecule has 134 valence electrons.